The second-order valence-corrected chi connectivity index (χ2v) is 11.5. The van der Waals surface area contributed by atoms with Crippen molar-refractivity contribution in [3.8, 4) is 0 Å². The minimum Gasteiger partial charge on any atom is -0.465 e. The van der Waals surface area contributed by atoms with E-state index >= 15 is 0 Å². The first-order valence-electron chi connectivity index (χ1n) is 15.5. The van der Waals surface area contributed by atoms with Crippen molar-refractivity contribution in [3.63, 3.8) is 0 Å². The molecule has 0 unspecified atom stereocenters. The fourth-order valence-electron chi connectivity index (χ4n) is 5.71. The van der Waals surface area contributed by atoms with Crippen molar-refractivity contribution in [1.82, 2.24) is 29.9 Å². The summed E-state index contributed by atoms with van der Waals surface area (Å²) < 4.78 is 18.3. The predicted molar refractivity (Wildman–Crippen MR) is 165 cm³/mol. The van der Waals surface area contributed by atoms with Gasteiger partial charge in [0.05, 0.1) is 51.3 Å². The number of alkyl carbamates (subject to hydrolysis) is 1. The molecule has 1 saturated carbocycles. The number of ether oxygens (including phenoxy) is 3. The van der Waals surface area contributed by atoms with E-state index in [1.54, 1.807) is 0 Å². The van der Waals surface area contributed by atoms with Gasteiger partial charge in [-0.15, -0.1) is 0 Å². The van der Waals surface area contributed by atoms with Gasteiger partial charge in [0.1, 0.15) is 0 Å². The highest BCUT2D eigenvalue weighted by atomic mass is 16.5. The van der Waals surface area contributed by atoms with Gasteiger partial charge in [0, 0.05) is 30.2 Å². The van der Waals surface area contributed by atoms with Crippen LogP contribution >= 0.6 is 0 Å². The summed E-state index contributed by atoms with van der Waals surface area (Å²) in [5, 5.41) is 18.5. The number of carbonyl (C=O) groups is 3. The molecule has 0 spiro atoms. The van der Waals surface area contributed by atoms with E-state index in [4.69, 9.17) is 19.6 Å². The van der Waals surface area contributed by atoms with E-state index in [1.165, 1.54) is 12.0 Å². The molecule has 45 heavy (non-hydrogen) atoms. The molecule has 3 amide bonds. The number of pyridine rings is 1. The molecule has 2 aromatic heterocycles. The molecule has 13 nitrogen and oxygen atoms in total. The zero-order chi connectivity index (χ0) is 31.9. The highest BCUT2D eigenvalue weighted by Gasteiger charge is 2.44. The van der Waals surface area contributed by atoms with Crippen LogP contribution in [0.2, 0.25) is 0 Å². The molecule has 1 aromatic carbocycles. The van der Waals surface area contributed by atoms with Crippen LogP contribution in [0.4, 0.5) is 9.59 Å². The number of amides is 3. The molecule has 3 atom stereocenters. The number of nitrogens with zero attached hydrogens (tertiary/aromatic N) is 5. The Labute approximate surface area is 262 Å². The average molecular weight is 623 g/mol. The Kier molecular flexibility index (Phi) is 10.5. The molecular weight excluding hydrogens is 580 g/mol. The highest BCUT2D eigenvalue weighted by Crippen LogP contribution is 2.37. The van der Waals surface area contributed by atoms with Crippen LogP contribution in [0.15, 0.2) is 42.5 Å². The molecule has 3 heterocycles. The van der Waals surface area contributed by atoms with Gasteiger partial charge >= 0.3 is 12.2 Å². The van der Waals surface area contributed by atoms with Crippen LogP contribution < -0.4 is 5.32 Å². The Hall–Kier alpha value is -4.23. The third-order valence-corrected chi connectivity index (χ3v) is 8.29. The van der Waals surface area contributed by atoms with Crippen LogP contribution in [0, 0.1) is 0 Å². The summed E-state index contributed by atoms with van der Waals surface area (Å²) in [6, 6.07) is 12.7. The van der Waals surface area contributed by atoms with Crippen LogP contribution in [0.5, 0.6) is 0 Å². The number of benzene rings is 1. The maximum atomic E-state index is 14.1. The lowest BCUT2D eigenvalue weighted by Crippen LogP contribution is -2.58. The van der Waals surface area contributed by atoms with E-state index in [2.05, 4.69) is 10.1 Å². The number of hydrogen-bond acceptors (Lipinski definition) is 8. The second-order valence-electron chi connectivity index (χ2n) is 11.5. The van der Waals surface area contributed by atoms with Gasteiger partial charge in [-0.05, 0) is 50.3 Å². The smallest absolute Gasteiger partial charge is 0.407 e. The number of hydrogen-bond donors (Lipinski definition) is 2. The lowest BCUT2D eigenvalue weighted by atomic mass is 10.1. The molecule has 2 fully saturated rings. The summed E-state index contributed by atoms with van der Waals surface area (Å²) in [5.74, 6) is -0.247. The molecule has 1 aliphatic carbocycles. The van der Waals surface area contributed by atoms with E-state index in [0.717, 1.165) is 47.2 Å². The number of morpholine rings is 1. The lowest BCUT2D eigenvalue weighted by molar-refractivity contribution is -0.156. The number of aryl methyl sites for hydroxylation is 2. The van der Waals surface area contributed by atoms with E-state index in [1.807, 2.05) is 65.9 Å². The fourth-order valence-corrected chi connectivity index (χ4v) is 5.71. The van der Waals surface area contributed by atoms with Gasteiger partial charge in [-0.1, -0.05) is 37.3 Å². The molecule has 2 aliphatic rings. The molecule has 13 heteroatoms. The van der Waals surface area contributed by atoms with Crippen molar-refractivity contribution >= 4 is 29.1 Å². The molecule has 0 bridgehead atoms. The van der Waals surface area contributed by atoms with Crippen molar-refractivity contribution in [3.05, 3.63) is 59.4 Å². The summed E-state index contributed by atoms with van der Waals surface area (Å²) in [6.07, 6.45) is 0.559. The summed E-state index contributed by atoms with van der Waals surface area (Å²) in [5.41, 5.74) is 3.37. The van der Waals surface area contributed by atoms with Crippen molar-refractivity contribution in [2.45, 2.75) is 76.9 Å². The van der Waals surface area contributed by atoms with Gasteiger partial charge in [0.15, 0.2) is 11.8 Å². The number of rotatable bonds is 13. The van der Waals surface area contributed by atoms with Crippen LogP contribution in [0.3, 0.4) is 0 Å². The number of aromatic nitrogens is 3. The van der Waals surface area contributed by atoms with E-state index in [-0.39, 0.29) is 31.7 Å². The molecule has 1 aliphatic heterocycles. The van der Waals surface area contributed by atoms with Gasteiger partial charge in [0.2, 0.25) is 0 Å². The maximum Gasteiger partial charge on any atom is 0.407 e. The summed E-state index contributed by atoms with van der Waals surface area (Å²) >= 11 is 0. The SMILES string of the molecule is CCc1ccc2c([C@@H](C)N(C(=O)[C@H]3CN(C(=O)O)[C@@H](COCc4ccccc4)CO3)C3CC3)nn(CCCNC(=O)OC)c2n1. The Bertz CT molecular complexity index is 1480. The monoisotopic (exact) mass is 622 g/mol. The summed E-state index contributed by atoms with van der Waals surface area (Å²) in [4.78, 5) is 45.7. The van der Waals surface area contributed by atoms with Gasteiger partial charge < -0.3 is 29.5 Å². The predicted octanol–water partition coefficient (Wildman–Crippen LogP) is 3.76. The largest absolute Gasteiger partial charge is 0.465 e. The zero-order valence-electron chi connectivity index (χ0n) is 26.1. The lowest BCUT2D eigenvalue weighted by Gasteiger charge is -2.40. The number of methoxy groups -OCH3 is 1. The Morgan fingerprint density at radius 2 is 1.96 bits per heavy atom. The molecular formula is C32H42N6O7. The molecule has 2 N–H and O–H groups in total. The molecule has 5 rings (SSSR count). The minimum atomic E-state index is -1.11. The molecule has 1 saturated heterocycles. The molecule has 242 valence electrons. The number of nitrogens with one attached hydrogen (secondary N) is 1. The van der Waals surface area contributed by atoms with Crippen molar-refractivity contribution in [1.29, 1.82) is 0 Å². The number of carbonyl (C=O) groups excluding carboxylic acids is 2. The van der Waals surface area contributed by atoms with Gasteiger partial charge in [-0.2, -0.15) is 5.10 Å². The van der Waals surface area contributed by atoms with Crippen LogP contribution in [0.25, 0.3) is 11.0 Å². The fraction of sp³-hybridized carbons (Fsp3) is 0.531. The third kappa shape index (κ3) is 7.71. The van der Waals surface area contributed by atoms with Crippen molar-refractivity contribution in [2.75, 3.05) is 33.4 Å². The summed E-state index contributed by atoms with van der Waals surface area (Å²) in [7, 11) is 1.32. The summed E-state index contributed by atoms with van der Waals surface area (Å²) in [6.45, 7) is 5.42. The van der Waals surface area contributed by atoms with Crippen molar-refractivity contribution in [2.24, 2.45) is 0 Å². The van der Waals surface area contributed by atoms with Gasteiger partial charge in [-0.3, -0.25) is 9.69 Å². The molecule has 0 radical (unpaired) electrons. The standard InChI is InChI=1S/C32H42N6O7/c1-4-23-11-14-26-28(35-37(29(26)34-23)16-8-15-33-31(40)43-3)21(2)38(24-12-13-24)30(39)27-17-36(32(41)42)25(20-45-27)19-44-18-22-9-6-5-7-10-22/h5-7,9-11,14,21,24-25,27H,4,8,12-13,15-20H2,1-3H3,(H,33,40)(H,41,42)/t21-,25+,27-/m1/s1. The number of fused-ring (bicyclic) bond motifs is 1. The highest BCUT2D eigenvalue weighted by molar-refractivity contribution is 5.85. The van der Waals surface area contributed by atoms with E-state index in [9.17, 15) is 19.5 Å². The first-order chi connectivity index (χ1) is 21.8. The quantitative estimate of drug-likeness (QED) is 0.272. The topological polar surface area (TPSA) is 148 Å². The normalized spacial score (nSPS) is 18.9. The Morgan fingerprint density at radius 3 is 2.64 bits per heavy atom. The van der Waals surface area contributed by atoms with E-state index in [0.29, 0.717) is 26.1 Å². The van der Waals surface area contributed by atoms with Gasteiger partial charge in [-0.25, -0.2) is 19.3 Å². The third-order valence-electron chi connectivity index (χ3n) is 8.29. The Balaban J connectivity index is 1.30. The first-order valence-corrected chi connectivity index (χ1v) is 15.5. The number of carboxylic acid groups (broad SMARTS) is 1. The maximum absolute atomic E-state index is 14.1. The van der Waals surface area contributed by atoms with Crippen LogP contribution in [-0.2, 0) is 38.6 Å². The average Bonchev–Trinajstić information content (AvgIpc) is 3.83. The van der Waals surface area contributed by atoms with Crippen LogP contribution in [0.1, 0.15) is 56.1 Å². The van der Waals surface area contributed by atoms with Gasteiger partial charge in [0.25, 0.3) is 5.91 Å². The Morgan fingerprint density at radius 1 is 1.18 bits per heavy atom. The second kappa shape index (κ2) is 14.7. The zero-order valence-corrected chi connectivity index (χ0v) is 26.1. The molecule has 3 aromatic rings. The first kappa shape index (κ1) is 32.2. The minimum absolute atomic E-state index is 0.0219. The van der Waals surface area contributed by atoms with E-state index < -0.39 is 30.4 Å². The van der Waals surface area contributed by atoms with Crippen LogP contribution in [-0.4, -0.2) is 99.4 Å². The van der Waals surface area contributed by atoms with Crippen molar-refractivity contribution < 1.29 is 33.7 Å².